The molecule has 1 aromatic carbocycles. The first kappa shape index (κ1) is 19.1. The average Bonchev–Trinajstić information content (AvgIpc) is 3.14. The molecule has 0 bridgehead atoms. The van der Waals surface area contributed by atoms with Crippen LogP contribution in [0.3, 0.4) is 0 Å². The van der Waals surface area contributed by atoms with Crippen LogP contribution in [0.15, 0.2) is 30.5 Å². The fourth-order valence-corrected chi connectivity index (χ4v) is 4.89. The smallest absolute Gasteiger partial charge is 0.336 e. The maximum atomic E-state index is 11.5. The van der Waals surface area contributed by atoms with E-state index in [1.54, 1.807) is 18.3 Å². The minimum absolute atomic E-state index is 0.283. The van der Waals surface area contributed by atoms with Crippen molar-refractivity contribution in [3.63, 3.8) is 0 Å². The molecule has 0 unspecified atom stereocenters. The summed E-state index contributed by atoms with van der Waals surface area (Å²) in [7, 11) is 0. The van der Waals surface area contributed by atoms with Crippen molar-refractivity contribution < 1.29 is 9.90 Å². The van der Waals surface area contributed by atoms with Crippen molar-refractivity contribution in [2.45, 2.75) is 19.3 Å². The van der Waals surface area contributed by atoms with E-state index in [9.17, 15) is 9.90 Å². The summed E-state index contributed by atoms with van der Waals surface area (Å²) in [5, 5.41) is 17.2. The normalized spacial score (nSPS) is 15.0. The number of aromatic carboxylic acids is 1. The second-order valence-electron chi connectivity index (χ2n) is 6.93. The first-order valence-corrected chi connectivity index (χ1v) is 10.5. The molecule has 3 heterocycles. The fourth-order valence-electron chi connectivity index (χ4n) is 3.55. The molecule has 6 nitrogen and oxygen atoms in total. The number of nitrogens with one attached hydrogen (secondary N) is 2. The number of hydrogen-bond donors (Lipinski definition) is 3. The second-order valence-corrected chi connectivity index (χ2v) is 8.42. The van der Waals surface area contributed by atoms with Crippen molar-refractivity contribution >= 4 is 44.9 Å². The highest BCUT2D eigenvalue weighted by molar-refractivity contribution is 7.22. The Morgan fingerprint density at radius 3 is 2.96 bits per heavy atom. The van der Waals surface area contributed by atoms with Gasteiger partial charge in [-0.2, -0.15) is 0 Å². The highest BCUT2D eigenvalue weighted by Gasteiger charge is 2.16. The zero-order valence-electron chi connectivity index (χ0n) is 15.2. The number of carbonyl (C=O) groups is 1. The quantitative estimate of drug-likeness (QED) is 0.548. The van der Waals surface area contributed by atoms with Crippen LogP contribution in [0.25, 0.3) is 20.7 Å². The lowest BCUT2D eigenvalue weighted by Crippen LogP contribution is -2.28. The van der Waals surface area contributed by atoms with Crippen LogP contribution in [-0.2, 0) is 0 Å². The maximum absolute atomic E-state index is 11.5. The monoisotopic (exact) mass is 416 g/mol. The Morgan fingerprint density at radius 1 is 1.36 bits per heavy atom. The molecule has 0 spiro atoms. The zero-order chi connectivity index (χ0) is 19.5. The van der Waals surface area contributed by atoms with Gasteiger partial charge in [0.05, 0.1) is 21.7 Å². The van der Waals surface area contributed by atoms with E-state index in [-0.39, 0.29) is 5.56 Å². The standard InChI is InChI=1S/C20H21ClN4O2S/c21-15-11-24-20(23-9-6-12-4-7-22-8-5-12)25-18(15)17-10-14-13(19(26)27)2-1-3-16(14)28-17/h1-3,10-12,22H,4-9H2,(H,26,27)(H,23,24,25). The summed E-state index contributed by atoms with van der Waals surface area (Å²) in [6, 6.07) is 7.11. The highest BCUT2D eigenvalue weighted by Crippen LogP contribution is 2.37. The summed E-state index contributed by atoms with van der Waals surface area (Å²) < 4.78 is 0.894. The lowest BCUT2D eigenvalue weighted by Gasteiger charge is -2.22. The van der Waals surface area contributed by atoms with Gasteiger partial charge in [-0.15, -0.1) is 11.3 Å². The average molecular weight is 417 g/mol. The van der Waals surface area contributed by atoms with Gasteiger partial charge in [0.1, 0.15) is 5.69 Å². The summed E-state index contributed by atoms with van der Waals surface area (Å²) in [4.78, 5) is 21.2. The molecule has 0 atom stereocenters. The summed E-state index contributed by atoms with van der Waals surface area (Å²) in [5.74, 6) is 0.339. The van der Waals surface area contributed by atoms with Crippen molar-refractivity contribution in [2.75, 3.05) is 25.0 Å². The van der Waals surface area contributed by atoms with E-state index in [2.05, 4.69) is 20.6 Å². The molecule has 28 heavy (non-hydrogen) atoms. The van der Waals surface area contributed by atoms with Crippen LogP contribution >= 0.6 is 22.9 Å². The summed E-state index contributed by atoms with van der Waals surface area (Å²) >= 11 is 7.83. The maximum Gasteiger partial charge on any atom is 0.336 e. The van der Waals surface area contributed by atoms with Gasteiger partial charge in [0.25, 0.3) is 0 Å². The van der Waals surface area contributed by atoms with Gasteiger partial charge in [-0.3, -0.25) is 0 Å². The molecule has 1 aliphatic heterocycles. The van der Waals surface area contributed by atoms with Crippen LogP contribution in [0.5, 0.6) is 0 Å². The molecule has 2 aromatic heterocycles. The van der Waals surface area contributed by atoms with Gasteiger partial charge in [0.15, 0.2) is 0 Å². The number of halogens is 1. The second kappa shape index (κ2) is 8.43. The Labute approximate surface area is 172 Å². The molecule has 1 aliphatic rings. The van der Waals surface area contributed by atoms with Gasteiger partial charge >= 0.3 is 5.97 Å². The Bertz CT molecular complexity index is 1000. The zero-order valence-corrected chi connectivity index (χ0v) is 16.8. The van der Waals surface area contributed by atoms with Crippen LogP contribution in [0, 0.1) is 5.92 Å². The van der Waals surface area contributed by atoms with Crippen LogP contribution in [0.1, 0.15) is 29.6 Å². The van der Waals surface area contributed by atoms with E-state index in [0.717, 1.165) is 41.6 Å². The van der Waals surface area contributed by atoms with E-state index < -0.39 is 5.97 Å². The Kier molecular flexibility index (Phi) is 5.75. The van der Waals surface area contributed by atoms with Crippen LogP contribution in [0.2, 0.25) is 5.02 Å². The Morgan fingerprint density at radius 2 is 2.18 bits per heavy atom. The van der Waals surface area contributed by atoms with E-state index in [0.29, 0.717) is 22.1 Å². The number of piperidine rings is 1. The molecular formula is C20H21ClN4O2S. The molecule has 0 aliphatic carbocycles. The third-order valence-corrected chi connectivity index (χ3v) is 6.45. The van der Waals surface area contributed by atoms with Gasteiger partial charge in [-0.1, -0.05) is 17.7 Å². The van der Waals surface area contributed by atoms with Crippen LogP contribution in [-0.4, -0.2) is 40.7 Å². The molecular weight excluding hydrogens is 396 g/mol. The molecule has 146 valence electrons. The van der Waals surface area contributed by atoms with E-state index in [4.69, 9.17) is 11.6 Å². The first-order valence-electron chi connectivity index (χ1n) is 9.35. The number of thiophene rings is 1. The van der Waals surface area contributed by atoms with Crippen molar-refractivity contribution in [2.24, 2.45) is 5.92 Å². The van der Waals surface area contributed by atoms with E-state index in [1.165, 1.54) is 24.2 Å². The van der Waals surface area contributed by atoms with Gasteiger partial charge in [0, 0.05) is 16.6 Å². The Hall–Kier alpha value is -2.22. The number of rotatable bonds is 6. The lowest BCUT2D eigenvalue weighted by molar-refractivity contribution is 0.0699. The molecule has 3 aromatic rings. The number of carboxylic acids is 1. The minimum Gasteiger partial charge on any atom is -0.478 e. The van der Waals surface area contributed by atoms with Crippen molar-refractivity contribution in [3.05, 3.63) is 41.0 Å². The summed E-state index contributed by atoms with van der Waals surface area (Å²) in [6.07, 6.45) is 5.11. The summed E-state index contributed by atoms with van der Waals surface area (Å²) in [5.41, 5.74) is 0.907. The molecule has 0 saturated carbocycles. The number of anilines is 1. The number of fused-ring (bicyclic) bond motifs is 1. The SMILES string of the molecule is O=C(O)c1cccc2sc(-c3nc(NCCC4CCNCC4)ncc3Cl)cc12. The third kappa shape index (κ3) is 4.11. The molecule has 4 rings (SSSR count). The predicted octanol–water partition coefficient (Wildman–Crippen LogP) is 4.51. The van der Waals surface area contributed by atoms with Crippen molar-refractivity contribution in [1.29, 1.82) is 0 Å². The summed E-state index contributed by atoms with van der Waals surface area (Å²) in [6.45, 7) is 3.01. The number of carboxylic acid groups (broad SMARTS) is 1. The molecule has 3 N–H and O–H groups in total. The van der Waals surface area contributed by atoms with Crippen molar-refractivity contribution in [1.82, 2.24) is 15.3 Å². The minimum atomic E-state index is -0.941. The van der Waals surface area contributed by atoms with Crippen molar-refractivity contribution in [3.8, 4) is 10.6 Å². The molecule has 8 heteroatoms. The largest absolute Gasteiger partial charge is 0.478 e. The number of nitrogens with zero attached hydrogens (tertiary/aromatic N) is 2. The van der Waals surface area contributed by atoms with E-state index >= 15 is 0 Å². The van der Waals surface area contributed by atoms with E-state index in [1.807, 2.05) is 12.1 Å². The predicted molar refractivity (Wildman–Crippen MR) is 114 cm³/mol. The number of aromatic nitrogens is 2. The van der Waals surface area contributed by atoms with Gasteiger partial charge < -0.3 is 15.7 Å². The number of benzene rings is 1. The topological polar surface area (TPSA) is 87.1 Å². The molecule has 1 saturated heterocycles. The van der Waals surface area contributed by atoms with Gasteiger partial charge in [-0.05, 0) is 56.5 Å². The molecule has 0 amide bonds. The number of hydrogen-bond acceptors (Lipinski definition) is 6. The van der Waals surface area contributed by atoms with Crippen LogP contribution < -0.4 is 10.6 Å². The van der Waals surface area contributed by atoms with Gasteiger partial charge in [0.2, 0.25) is 5.95 Å². The molecule has 1 fully saturated rings. The lowest BCUT2D eigenvalue weighted by atomic mass is 9.95. The van der Waals surface area contributed by atoms with Gasteiger partial charge in [-0.25, -0.2) is 14.8 Å². The Balaban J connectivity index is 1.54. The highest BCUT2D eigenvalue weighted by atomic mass is 35.5. The van der Waals surface area contributed by atoms with Crippen LogP contribution in [0.4, 0.5) is 5.95 Å². The fraction of sp³-hybridized carbons (Fsp3) is 0.350. The molecule has 0 radical (unpaired) electrons. The third-order valence-electron chi connectivity index (χ3n) is 5.06. The first-order chi connectivity index (χ1) is 13.6.